The SMILES string of the molecule is CC(NC(=O)c1ccco1)C(=O)N(C)CCO. The van der Waals surface area contributed by atoms with Crippen LogP contribution >= 0.6 is 0 Å². The lowest BCUT2D eigenvalue weighted by Crippen LogP contribution is -2.46. The predicted molar refractivity (Wildman–Crippen MR) is 60.4 cm³/mol. The number of furan rings is 1. The highest BCUT2D eigenvalue weighted by molar-refractivity contribution is 5.95. The van der Waals surface area contributed by atoms with Gasteiger partial charge in [-0.25, -0.2) is 0 Å². The fourth-order valence-corrected chi connectivity index (χ4v) is 1.33. The standard InChI is InChI=1S/C11H16N2O4/c1-8(11(16)13(2)5-6-14)12-10(15)9-4-3-7-17-9/h3-4,7-8,14H,5-6H2,1-2H3,(H,12,15). The van der Waals surface area contributed by atoms with Crippen molar-refractivity contribution in [2.24, 2.45) is 0 Å². The average molecular weight is 240 g/mol. The molecular formula is C11H16N2O4. The highest BCUT2D eigenvalue weighted by Crippen LogP contribution is 2.01. The minimum atomic E-state index is -0.663. The summed E-state index contributed by atoms with van der Waals surface area (Å²) in [4.78, 5) is 24.6. The Hall–Kier alpha value is -1.82. The molecule has 2 amide bonds. The van der Waals surface area contributed by atoms with Gasteiger partial charge >= 0.3 is 0 Å². The van der Waals surface area contributed by atoms with Crippen LogP contribution in [0.4, 0.5) is 0 Å². The van der Waals surface area contributed by atoms with Gasteiger partial charge in [-0.15, -0.1) is 0 Å². The summed E-state index contributed by atoms with van der Waals surface area (Å²) in [5, 5.41) is 11.2. The Morgan fingerprint density at radius 3 is 2.82 bits per heavy atom. The first-order valence-corrected chi connectivity index (χ1v) is 5.26. The van der Waals surface area contributed by atoms with Crippen LogP contribution in [-0.4, -0.2) is 48.1 Å². The van der Waals surface area contributed by atoms with Crippen LogP contribution in [0.25, 0.3) is 0 Å². The lowest BCUT2D eigenvalue weighted by atomic mass is 10.2. The van der Waals surface area contributed by atoms with E-state index >= 15 is 0 Å². The van der Waals surface area contributed by atoms with Gasteiger partial charge in [-0.2, -0.15) is 0 Å². The number of amides is 2. The molecule has 1 aromatic heterocycles. The summed E-state index contributed by atoms with van der Waals surface area (Å²) in [7, 11) is 1.56. The van der Waals surface area contributed by atoms with Gasteiger partial charge < -0.3 is 19.7 Å². The number of nitrogens with zero attached hydrogens (tertiary/aromatic N) is 1. The number of aliphatic hydroxyl groups excluding tert-OH is 1. The number of carbonyl (C=O) groups is 2. The predicted octanol–water partition coefficient (Wildman–Crippen LogP) is -0.151. The normalized spacial score (nSPS) is 11.9. The highest BCUT2D eigenvalue weighted by Gasteiger charge is 2.20. The Morgan fingerprint density at radius 1 is 1.59 bits per heavy atom. The molecular weight excluding hydrogens is 224 g/mol. The Labute approximate surface area is 99.2 Å². The molecule has 6 nitrogen and oxygen atoms in total. The highest BCUT2D eigenvalue weighted by atomic mass is 16.3. The second-order valence-electron chi connectivity index (χ2n) is 3.66. The molecule has 0 aromatic carbocycles. The van der Waals surface area contributed by atoms with Crippen LogP contribution in [0.3, 0.4) is 0 Å². The molecule has 0 bridgehead atoms. The van der Waals surface area contributed by atoms with E-state index in [2.05, 4.69) is 5.32 Å². The molecule has 0 aliphatic heterocycles. The molecule has 0 aliphatic carbocycles. The van der Waals surface area contributed by atoms with E-state index in [1.54, 1.807) is 20.0 Å². The van der Waals surface area contributed by atoms with Gasteiger partial charge in [0.1, 0.15) is 6.04 Å². The van der Waals surface area contributed by atoms with Crippen LogP contribution in [0, 0.1) is 0 Å². The Kier molecular flexibility index (Phi) is 4.71. The maximum absolute atomic E-state index is 11.7. The summed E-state index contributed by atoms with van der Waals surface area (Å²) in [6.07, 6.45) is 1.39. The van der Waals surface area contributed by atoms with Gasteiger partial charge in [0.2, 0.25) is 5.91 Å². The number of nitrogens with one attached hydrogen (secondary N) is 1. The van der Waals surface area contributed by atoms with E-state index in [0.717, 1.165) is 0 Å². The molecule has 94 valence electrons. The molecule has 1 rings (SSSR count). The maximum atomic E-state index is 11.7. The number of hydrogen-bond donors (Lipinski definition) is 2. The third-order valence-corrected chi connectivity index (χ3v) is 2.27. The minimum Gasteiger partial charge on any atom is -0.459 e. The molecule has 0 aliphatic rings. The second-order valence-corrected chi connectivity index (χ2v) is 3.66. The summed E-state index contributed by atoms with van der Waals surface area (Å²) < 4.78 is 4.91. The van der Waals surface area contributed by atoms with Crippen LogP contribution < -0.4 is 5.32 Å². The fraction of sp³-hybridized carbons (Fsp3) is 0.455. The zero-order valence-corrected chi connectivity index (χ0v) is 9.84. The van der Waals surface area contributed by atoms with E-state index in [-0.39, 0.29) is 24.8 Å². The Morgan fingerprint density at radius 2 is 2.29 bits per heavy atom. The van der Waals surface area contributed by atoms with Crippen molar-refractivity contribution in [3.63, 3.8) is 0 Å². The summed E-state index contributed by atoms with van der Waals surface area (Å²) in [5.74, 6) is -0.540. The molecule has 2 N–H and O–H groups in total. The average Bonchev–Trinajstić information content (AvgIpc) is 2.81. The number of rotatable bonds is 5. The zero-order chi connectivity index (χ0) is 12.8. The lowest BCUT2D eigenvalue weighted by Gasteiger charge is -2.20. The van der Waals surface area contributed by atoms with Crippen LogP contribution in [0.2, 0.25) is 0 Å². The summed E-state index contributed by atoms with van der Waals surface area (Å²) in [6.45, 7) is 1.71. The van der Waals surface area contributed by atoms with E-state index in [4.69, 9.17) is 9.52 Å². The smallest absolute Gasteiger partial charge is 0.287 e. The molecule has 1 aromatic rings. The monoisotopic (exact) mass is 240 g/mol. The summed E-state index contributed by atoms with van der Waals surface area (Å²) in [6, 6.07) is 2.45. The van der Waals surface area contributed by atoms with Crippen molar-refractivity contribution < 1.29 is 19.1 Å². The van der Waals surface area contributed by atoms with E-state index in [1.165, 1.54) is 17.2 Å². The molecule has 0 spiro atoms. The molecule has 1 atom stereocenters. The molecule has 0 fully saturated rings. The van der Waals surface area contributed by atoms with E-state index in [1.807, 2.05) is 0 Å². The second kappa shape index (κ2) is 6.05. The first-order chi connectivity index (χ1) is 8.06. The van der Waals surface area contributed by atoms with Gasteiger partial charge in [0, 0.05) is 13.6 Å². The minimum absolute atomic E-state index is 0.110. The zero-order valence-electron chi connectivity index (χ0n) is 9.84. The van der Waals surface area contributed by atoms with Crippen molar-refractivity contribution in [2.45, 2.75) is 13.0 Å². The van der Waals surface area contributed by atoms with Gasteiger partial charge in [0.05, 0.1) is 12.9 Å². The Balaban J connectivity index is 2.51. The van der Waals surface area contributed by atoms with Crippen LogP contribution in [0.5, 0.6) is 0 Å². The van der Waals surface area contributed by atoms with Crippen molar-refractivity contribution >= 4 is 11.8 Å². The Bertz CT molecular complexity index is 375. The fourth-order valence-electron chi connectivity index (χ4n) is 1.33. The lowest BCUT2D eigenvalue weighted by molar-refractivity contribution is -0.131. The molecule has 0 saturated carbocycles. The van der Waals surface area contributed by atoms with E-state index < -0.39 is 11.9 Å². The van der Waals surface area contributed by atoms with Gasteiger partial charge in [-0.1, -0.05) is 0 Å². The summed E-state index contributed by atoms with van der Waals surface area (Å²) >= 11 is 0. The number of likely N-dealkylation sites (N-methyl/N-ethyl adjacent to an activating group) is 1. The maximum Gasteiger partial charge on any atom is 0.287 e. The van der Waals surface area contributed by atoms with Gasteiger partial charge in [0.25, 0.3) is 5.91 Å². The van der Waals surface area contributed by atoms with Crippen LogP contribution in [-0.2, 0) is 4.79 Å². The number of aliphatic hydroxyl groups is 1. The van der Waals surface area contributed by atoms with Gasteiger partial charge in [0.15, 0.2) is 5.76 Å². The molecule has 17 heavy (non-hydrogen) atoms. The first kappa shape index (κ1) is 13.2. The molecule has 0 saturated heterocycles. The van der Waals surface area contributed by atoms with Crippen molar-refractivity contribution in [2.75, 3.05) is 20.2 Å². The van der Waals surface area contributed by atoms with Crippen molar-refractivity contribution in [1.29, 1.82) is 0 Å². The molecule has 1 unspecified atom stereocenters. The summed E-state index contributed by atoms with van der Waals surface area (Å²) in [5.41, 5.74) is 0. The molecule has 0 radical (unpaired) electrons. The quantitative estimate of drug-likeness (QED) is 0.749. The van der Waals surface area contributed by atoms with Gasteiger partial charge in [-0.05, 0) is 19.1 Å². The molecule has 1 heterocycles. The van der Waals surface area contributed by atoms with Crippen molar-refractivity contribution in [1.82, 2.24) is 10.2 Å². The van der Waals surface area contributed by atoms with Gasteiger partial charge in [-0.3, -0.25) is 9.59 Å². The number of carbonyl (C=O) groups excluding carboxylic acids is 2. The number of hydrogen-bond acceptors (Lipinski definition) is 4. The van der Waals surface area contributed by atoms with Crippen molar-refractivity contribution in [3.8, 4) is 0 Å². The first-order valence-electron chi connectivity index (χ1n) is 5.26. The van der Waals surface area contributed by atoms with Crippen molar-refractivity contribution in [3.05, 3.63) is 24.2 Å². The van der Waals surface area contributed by atoms with E-state index in [0.29, 0.717) is 0 Å². The third kappa shape index (κ3) is 3.60. The molecule has 6 heteroatoms. The van der Waals surface area contributed by atoms with Crippen LogP contribution in [0.15, 0.2) is 22.8 Å². The topological polar surface area (TPSA) is 82.8 Å². The van der Waals surface area contributed by atoms with E-state index in [9.17, 15) is 9.59 Å². The largest absolute Gasteiger partial charge is 0.459 e. The third-order valence-electron chi connectivity index (χ3n) is 2.27. The van der Waals surface area contributed by atoms with Crippen LogP contribution in [0.1, 0.15) is 17.5 Å².